The molecule has 1 aliphatic rings. The van der Waals surface area contributed by atoms with E-state index in [1.165, 1.54) is 36.4 Å². The molecule has 0 aromatic heterocycles. The Morgan fingerprint density at radius 3 is 1.56 bits per heavy atom. The molecule has 0 radical (unpaired) electrons. The molecule has 24 heteroatoms. The molecule has 0 bridgehead atoms. The number of alkyl carbamates (subject to hydrolysis) is 1. The number of nitrogens with one attached hydrogen (secondary N) is 6. The number of nitrogens with two attached hydrogens (primary N) is 1. The zero-order valence-electron chi connectivity index (χ0n) is 54.8. The smallest absolute Gasteiger partial charge is 0.408 e. The van der Waals surface area contributed by atoms with Gasteiger partial charge in [-0.05, 0) is 155 Å². The van der Waals surface area contributed by atoms with Gasteiger partial charge in [0, 0.05) is 18.5 Å². The number of aromatic hydroxyl groups is 1. The number of aliphatic hydroxyl groups is 1. The number of benzene rings is 7. The van der Waals surface area contributed by atoms with Gasteiger partial charge < -0.3 is 66.2 Å². The summed E-state index contributed by atoms with van der Waals surface area (Å²) in [4.78, 5) is 91.0. The number of amides is 5. The second-order valence-electron chi connectivity index (χ2n) is 24.7. The monoisotopic (exact) mass is 1330 g/mol. The summed E-state index contributed by atoms with van der Waals surface area (Å²) in [7, 11) is -4.33. The van der Waals surface area contributed by atoms with E-state index in [9.17, 15) is 42.6 Å². The Morgan fingerprint density at radius 2 is 1.05 bits per heavy atom. The summed E-state index contributed by atoms with van der Waals surface area (Å²) in [5.74, 6) is -4.04. The lowest BCUT2D eigenvalue weighted by Gasteiger charge is -2.27. The van der Waals surface area contributed by atoms with Crippen LogP contribution < -0.4 is 51.3 Å². The average molecular weight is 1330 g/mol. The maximum Gasteiger partial charge on any atom is 0.408 e. The van der Waals surface area contributed by atoms with Gasteiger partial charge in [-0.3, -0.25) is 24.2 Å². The highest BCUT2D eigenvalue weighted by molar-refractivity contribution is 7.90. The molecule has 7 aromatic carbocycles. The molecule has 10 N–H and O–H groups in total. The Labute approximate surface area is 558 Å². The van der Waals surface area contributed by atoms with Crippen molar-refractivity contribution < 1.29 is 71.1 Å². The number of ether oxygens (including phenoxy) is 5. The van der Waals surface area contributed by atoms with Crippen molar-refractivity contribution in [2.75, 3.05) is 13.2 Å². The molecule has 8 rings (SSSR count). The first-order valence-corrected chi connectivity index (χ1v) is 32.6. The van der Waals surface area contributed by atoms with Crippen molar-refractivity contribution in [1.29, 1.82) is 0 Å². The Morgan fingerprint density at radius 1 is 0.594 bits per heavy atom. The Hall–Kier alpha value is -10.5. The number of nitrogens with zero attached hydrogens (tertiary/aromatic N) is 1. The van der Waals surface area contributed by atoms with E-state index < -0.39 is 99.7 Å². The van der Waals surface area contributed by atoms with Crippen molar-refractivity contribution in [2.24, 2.45) is 10.7 Å². The van der Waals surface area contributed by atoms with Crippen LogP contribution in [-0.4, -0.2) is 96.7 Å². The number of esters is 1. The van der Waals surface area contributed by atoms with Crippen molar-refractivity contribution in [3.63, 3.8) is 0 Å². The molecule has 5 atom stereocenters. The fourth-order valence-corrected chi connectivity index (χ4v) is 12.1. The number of phenolic OH excluding ortho intramolecular Hbond substituents is 1. The van der Waals surface area contributed by atoms with Crippen molar-refractivity contribution in [1.82, 2.24) is 31.3 Å². The Kier molecular flexibility index (Phi) is 23.9. The molecule has 0 spiro atoms. The van der Waals surface area contributed by atoms with Crippen LogP contribution in [0.15, 0.2) is 174 Å². The number of phenols is 1. The van der Waals surface area contributed by atoms with Crippen molar-refractivity contribution >= 4 is 51.7 Å². The van der Waals surface area contributed by atoms with E-state index in [4.69, 9.17) is 29.4 Å². The van der Waals surface area contributed by atoms with Crippen LogP contribution in [0.3, 0.4) is 0 Å². The predicted molar refractivity (Wildman–Crippen MR) is 359 cm³/mol. The molecule has 1 aliphatic heterocycles. The minimum atomic E-state index is -4.33. The molecular formula is C72H82N8O15S. The normalized spacial score (nSPS) is 14.2. The zero-order chi connectivity index (χ0) is 69.3. The maximum atomic E-state index is 15.1. The third kappa shape index (κ3) is 19.8. The van der Waals surface area contributed by atoms with Crippen molar-refractivity contribution in [2.45, 2.75) is 141 Å². The summed E-state index contributed by atoms with van der Waals surface area (Å²) in [5.41, 5.74) is 10.1. The first-order valence-electron chi connectivity index (χ1n) is 31.2. The molecule has 1 heterocycles. The average Bonchev–Trinajstić information content (AvgIpc) is 1.54. The minimum Gasteiger partial charge on any atom is -0.508 e. The molecule has 23 nitrogen and oxygen atoms in total. The van der Waals surface area contributed by atoms with E-state index in [0.717, 1.165) is 16.7 Å². The van der Waals surface area contributed by atoms with Gasteiger partial charge in [0.2, 0.25) is 29.6 Å². The predicted octanol–water partition coefficient (Wildman–Crippen LogP) is 8.25. The van der Waals surface area contributed by atoms with Crippen LogP contribution in [0.25, 0.3) is 0 Å². The highest BCUT2D eigenvalue weighted by Gasteiger charge is 2.38. The van der Waals surface area contributed by atoms with Gasteiger partial charge in [-0.2, -0.15) is 0 Å². The molecular weight excluding hydrogens is 1250 g/mol. The van der Waals surface area contributed by atoms with Crippen LogP contribution in [0.5, 0.6) is 23.0 Å². The lowest BCUT2D eigenvalue weighted by Crippen LogP contribution is -2.55. The molecule has 7 aromatic rings. The minimum absolute atomic E-state index is 0.0233. The van der Waals surface area contributed by atoms with Gasteiger partial charge in [0.1, 0.15) is 78.2 Å². The van der Waals surface area contributed by atoms with Gasteiger partial charge in [-0.25, -0.2) is 22.7 Å². The number of aliphatic hydroxyl groups excluding tert-OH is 1. The van der Waals surface area contributed by atoms with Gasteiger partial charge in [0.05, 0.1) is 11.5 Å². The number of hydrogen-bond acceptors (Lipinski definition) is 16. The number of rotatable bonds is 28. The molecule has 0 aliphatic carbocycles. The fourth-order valence-electron chi connectivity index (χ4n) is 10.6. The summed E-state index contributed by atoms with van der Waals surface area (Å²) in [6.07, 6.45) is -0.865. The van der Waals surface area contributed by atoms with E-state index in [0.29, 0.717) is 45.9 Å². The molecule has 0 fully saturated rings. The van der Waals surface area contributed by atoms with Gasteiger partial charge in [0.25, 0.3) is 10.0 Å². The third-order valence-corrected chi connectivity index (χ3v) is 17.2. The Bertz CT molecular complexity index is 4000. The quantitative estimate of drug-likeness (QED) is 0.00964. The van der Waals surface area contributed by atoms with Crippen LogP contribution in [0.1, 0.15) is 121 Å². The van der Waals surface area contributed by atoms with E-state index in [1.807, 2.05) is 74.5 Å². The largest absolute Gasteiger partial charge is 0.508 e. The van der Waals surface area contributed by atoms with Gasteiger partial charge in [-0.15, -0.1) is 0 Å². The number of carbonyl (C=O) groups is 6. The lowest BCUT2D eigenvalue weighted by atomic mass is 9.94. The van der Waals surface area contributed by atoms with E-state index in [2.05, 4.69) is 36.3 Å². The van der Waals surface area contributed by atoms with Crippen LogP contribution in [-0.2, 0) is 69.7 Å². The summed E-state index contributed by atoms with van der Waals surface area (Å²) >= 11 is 0. The number of aliphatic imine (C=N–C) groups is 1. The number of carbonyl (C=O) groups excluding carboxylic acids is 6. The van der Waals surface area contributed by atoms with Gasteiger partial charge in [-0.1, -0.05) is 127 Å². The van der Waals surface area contributed by atoms with E-state index >= 15 is 4.79 Å². The standard InChI is InChI=1S/C72H82N8O15S/c1-44-45(2)63(46(3)56-39-72(7,8)94-62(44)56)96(89,90)80-69(73)74-38-18-25-57(75-67(86)60(50-26-32-53(82)33-27-50)79-70(88)95-71(4,5)6)64(83)77-59(51-28-34-54(35-29-51)91-41-47-19-12-9-13-20-47)66(85)76-58(40-81)65(84)78-61(68(87)93-43-49-23-16-11-17-24-49)52-30-36-55(37-31-52)92-42-48-21-14-10-15-22-48/h9-17,19-24,26-37,57-61,81-82H,18,25,38-43H2,1-8H3,(H,75,86)(H,76,85)(H,77,83)(H,78,84)(H,79,88)(H3,73,74,80)/t57-,58-,59+,60-,61-/m0/s1. The lowest BCUT2D eigenvalue weighted by molar-refractivity contribution is -0.149. The van der Waals surface area contributed by atoms with Crippen molar-refractivity contribution in [3.05, 3.63) is 219 Å². The molecule has 96 heavy (non-hydrogen) atoms. The van der Waals surface area contributed by atoms with E-state index in [1.54, 1.807) is 108 Å². The SMILES string of the molecule is Cc1c(C)c(S(=O)(=O)NC(N)=NCCC[C@H](NC(=O)[C@@H](NC(=O)OC(C)(C)C)c2ccc(O)cc2)C(=O)N[C@@H](C(=O)N[C@@H](CO)C(=O)N[C@H](C(=O)OCc2ccccc2)c2ccc(OCc3ccccc3)cc2)c2ccc(OCc3ccccc3)cc2)c(C)c2c1OC(C)(C)C2. The summed E-state index contributed by atoms with van der Waals surface area (Å²) in [6.45, 7) is 12.9. The van der Waals surface area contributed by atoms with Gasteiger partial charge in [0.15, 0.2) is 6.04 Å². The highest BCUT2D eigenvalue weighted by atomic mass is 32.2. The maximum absolute atomic E-state index is 15.1. The molecule has 0 saturated heterocycles. The van der Waals surface area contributed by atoms with Crippen LogP contribution in [0.2, 0.25) is 0 Å². The summed E-state index contributed by atoms with van der Waals surface area (Å²) < 4.78 is 60.0. The third-order valence-electron chi connectivity index (χ3n) is 15.5. The topological polar surface area (TPSA) is 334 Å². The van der Waals surface area contributed by atoms with E-state index in [-0.39, 0.29) is 66.5 Å². The second kappa shape index (κ2) is 32.1. The number of fused-ring (bicyclic) bond motifs is 1. The Balaban J connectivity index is 1.08. The number of sulfonamides is 1. The first kappa shape index (κ1) is 71.4. The second-order valence-corrected chi connectivity index (χ2v) is 26.3. The molecule has 0 saturated carbocycles. The number of guanidine groups is 1. The molecule has 506 valence electrons. The number of hydrogen-bond donors (Lipinski definition) is 9. The summed E-state index contributed by atoms with van der Waals surface area (Å²) in [6, 6.07) is 37.3. The van der Waals surface area contributed by atoms with Crippen LogP contribution in [0, 0.1) is 20.8 Å². The van der Waals surface area contributed by atoms with Gasteiger partial charge >= 0.3 is 12.1 Å². The van der Waals surface area contributed by atoms with Crippen LogP contribution >= 0.6 is 0 Å². The van der Waals surface area contributed by atoms with Crippen LogP contribution in [0.4, 0.5) is 4.79 Å². The summed E-state index contributed by atoms with van der Waals surface area (Å²) in [5, 5.41) is 34.2. The van der Waals surface area contributed by atoms with Crippen molar-refractivity contribution in [3.8, 4) is 23.0 Å². The highest BCUT2D eigenvalue weighted by Crippen LogP contribution is 2.44. The first-order chi connectivity index (χ1) is 45.7. The fraction of sp³-hybridized carbons (Fsp3) is 0.319. The zero-order valence-corrected chi connectivity index (χ0v) is 55.6. The molecule has 0 unspecified atom stereocenters. The molecule has 5 amide bonds.